The normalized spacial score (nSPS) is 21.7. The summed E-state index contributed by atoms with van der Waals surface area (Å²) in [7, 11) is 0. The fourth-order valence-corrected chi connectivity index (χ4v) is 4.14. The van der Waals surface area contributed by atoms with E-state index in [1.807, 2.05) is 0 Å². The van der Waals surface area contributed by atoms with Gasteiger partial charge in [0.05, 0.1) is 6.26 Å². The fraction of sp³-hybridized carbons (Fsp3) is 0.312. The molecule has 0 spiro atoms. The lowest BCUT2D eigenvalue weighted by Crippen LogP contribution is -2.71. The number of fused-ring (bicyclic) bond motifs is 1. The summed E-state index contributed by atoms with van der Waals surface area (Å²) < 4.78 is 9.85. The van der Waals surface area contributed by atoms with Gasteiger partial charge in [0.2, 0.25) is 5.71 Å². The van der Waals surface area contributed by atoms with E-state index >= 15 is 0 Å². The van der Waals surface area contributed by atoms with E-state index in [0.29, 0.717) is 0 Å². The van der Waals surface area contributed by atoms with Crippen molar-refractivity contribution in [3.8, 4) is 0 Å². The van der Waals surface area contributed by atoms with E-state index in [0.717, 1.165) is 4.90 Å². The zero-order valence-corrected chi connectivity index (χ0v) is 15.3. The molecule has 3 N–H and O–H groups in total. The van der Waals surface area contributed by atoms with Crippen LogP contribution in [0.15, 0.2) is 39.2 Å². The summed E-state index contributed by atoms with van der Waals surface area (Å²) in [4.78, 5) is 48.5. The number of carboxylic acid groups (broad SMARTS) is 1. The third-order valence-corrected chi connectivity index (χ3v) is 5.40. The molecule has 0 saturated carbocycles. The molecule has 2 atom stereocenters. The summed E-state index contributed by atoms with van der Waals surface area (Å²) in [5.41, 5.74) is -0.389. The number of rotatable bonds is 6. The third-order valence-electron chi connectivity index (χ3n) is 4.06. The Bertz CT molecular complexity index is 892. The van der Waals surface area contributed by atoms with Crippen molar-refractivity contribution in [1.29, 1.82) is 0 Å². The summed E-state index contributed by atoms with van der Waals surface area (Å²) >= 11 is 1.22. The predicted molar refractivity (Wildman–Crippen MR) is 93.3 cm³/mol. The number of carbonyl (C=O) groups excluding carboxylic acids is 3. The summed E-state index contributed by atoms with van der Waals surface area (Å²) in [5.74, 6) is -3.18. The van der Waals surface area contributed by atoms with Crippen molar-refractivity contribution >= 4 is 41.2 Å². The lowest BCUT2D eigenvalue weighted by Gasteiger charge is -2.49. The number of nitrogens with zero attached hydrogens (tertiary/aromatic N) is 2. The summed E-state index contributed by atoms with van der Waals surface area (Å²) in [6, 6.07) is 1.90. The van der Waals surface area contributed by atoms with Gasteiger partial charge >= 0.3 is 11.9 Å². The first kappa shape index (κ1) is 19.5. The summed E-state index contributed by atoms with van der Waals surface area (Å²) in [6.45, 7) is 0.955. The molecule has 1 aromatic rings. The van der Waals surface area contributed by atoms with E-state index in [1.54, 1.807) is 0 Å². The maximum Gasteiger partial charge on any atom is 0.352 e. The van der Waals surface area contributed by atoms with Gasteiger partial charge < -0.3 is 24.8 Å². The molecule has 3 rings (SSSR count). The maximum atomic E-state index is 12.5. The number of nitrogens with one attached hydrogen (secondary N) is 1. The molecule has 0 radical (unpaired) electrons. The Hall–Kier alpha value is -3.28. The highest BCUT2D eigenvalue weighted by Crippen LogP contribution is 2.40. The number of thioether (sulfide) groups is 1. The number of carboxylic acids is 1. The van der Waals surface area contributed by atoms with Crippen LogP contribution in [-0.2, 0) is 23.9 Å². The highest BCUT2D eigenvalue weighted by molar-refractivity contribution is 8.00. The van der Waals surface area contributed by atoms with Crippen molar-refractivity contribution in [3.63, 3.8) is 0 Å². The van der Waals surface area contributed by atoms with Crippen molar-refractivity contribution in [2.24, 2.45) is 5.16 Å². The molecule has 11 nitrogen and oxygen atoms in total. The number of aliphatic carboxylic acids is 1. The highest BCUT2D eigenvalue weighted by Gasteiger charge is 2.54. The number of amides is 2. The quantitative estimate of drug-likeness (QED) is 0.189. The Morgan fingerprint density at radius 2 is 2.21 bits per heavy atom. The average Bonchev–Trinajstić information content (AvgIpc) is 3.18. The third kappa shape index (κ3) is 3.45. The number of furan rings is 1. The first-order chi connectivity index (χ1) is 13.3. The number of esters is 1. The first-order valence-corrected chi connectivity index (χ1v) is 9.00. The Balaban J connectivity index is 1.76. The minimum atomic E-state index is -1.33. The van der Waals surface area contributed by atoms with Crippen molar-refractivity contribution in [3.05, 3.63) is 35.4 Å². The van der Waals surface area contributed by atoms with E-state index in [4.69, 9.17) is 14.4 Å². The van der Waals surface area contributed by atoms with Crippen LogP contribution in [0.3, 0.4) is 0 Å². The molecule has 0 unspecified atom stereocenters. The van der Waals surface area contributed by atoms with Crippen molar-refractivity contribution in [2.75, 3.05) is 12.4 Å². The molecule has 2 aliphatic rings. The van der Waals surface area contributed by atoms with Crippen molar-refractivity contribution in [1.82, 2.24) is 10.2 Å². The molecule has 1 fully saturated rings. The van der Waals surface area contributed by atoms with Gasteiger partial charge in [0.15, 0.2) is 5.76 Å². The van der Waals surface area contributed by atoms with E-state index in [-0.39, 0.29) is 29.4 Å². The molecule has 12 heteroatoms. The second-order valence-electron chi connectivity index (χ2n) is 5.82. The van der Waals surface area contributed by atoms with E-state index in [9.17, 15) is 24.3 Å². The Labute approximate surface area is 162 Å². The molecule has 2 aliphatic heterocycles. The zero-order valence-electron chi connectivity index (χ0n) is 14.4. The smallest absolute Gasteiger partial charge is 0.352 e. The van der Waals surface area contributed by atoms with Crippen LogP contribution in [0.1, 0.15) is 12.7 Å². The molecule has 1 saturated heterocycles. The molecule has 2 amide bonds. The van der Waals surface area contributed by atoms with Crippen molar-refractivity contribution in [2.45, 2.75) is 18.3 Å². The van der Waals surface area contributed by atoms with E-state index < -0.39 is 40.9 Å². The molecule has 0 bridgehead atoms. The fourth-order valence-electron chi connectivity index (χ4n) is 2.81. The molecule has 3 heterocycles. The van der Waals surface area contributed by atoms with Crippen LogP contribution in [-0.4, -0.2) is 68.5 Å². The molecular weight excluding hydrogens is 394 g/mol. The van der Waals surface area contributed by atoms with Gasteiger partial charge in [-0.25, -0.2) is 4.79 Å². The Morgan fingerprint density at radius 3 is 2.79 bits per heavy atom. The second kappa shape index (κ2) is 7.76. The van der Waals surface area contributed by atoms with E-state index in [1.165, 1.54) is 37.1 Å². The van der Waals surface area contributed by atoms with Crippen LogP contribution >= 0.6 is 11.8 Å². The van der Waals surface area contributed by atoms with Gasteiger partial charge in [0.25, 0.3) is 11.8 Å². The Morgan fingerprint density at radius 1 is 1.46 bits per heavy atom. The number of hydrogen-bond donors (Lipinski definition) is 3. The number of oxime groups is 1. The van der Waals surface area contributed by atoms with Gasteiger partial charge in [0.1, 0.15) is 23.7 Å². The highest BCUT2D eigenvalue weighted by atomic mass is 32.2. The van der Waals surface area contributed by atoms with Crippen LogP contribution in [0.5, 0.6) is 0 Å². The van der Waals surface area contributed by atoms with Gasteiger partial charge in [-0.1, -0.05) is 5.16 Å². The molecular formula is C16H15N3O8S. The van der Waals surface area contributed by atoms with Gasteiger partial charge in [-0.15, -0.1) is 11.8 Å². The van der Waals surface area contributed by atoms with Crippen LogP contribution in [0, 0.1) is 0 Å². The standard InChI is InChI=1S/C16H15N3O8S/c1-7(20)27-5-8-6-28-15-11(14(22)19(15)12(8)16(23)24)17-13(21)10(18-25)9-3-2-4-26-9/h2-4,11,15,25H,5-6H2,1H3,(H,17,21)(H,23,24)/t11-,15-/m1/s1. The summed E-state index contributed by atoms with van der Waals surface area (Å²) in [6.07, 6.45) is 1.29. The molecule has 0 aliphatic carbocycles. The predicted octanol–water partition coefficient (Wildman–Crippen LogP) is -0.240. The van der Waals surface area contributed by atoms with Gasteiger partial charge in [0, 0.05) is 18.2 Å². The van der Waals surface area contributed by atoms with Crippen LogP contribution in [0.4, 0.5) is 0 Å². The number of ether oxygens (including phenoxy) is 1. The Kier molecular flexibility index (Phi) is 5.40. The summed E-state index contributed by atoms with van der Waals surface area (Å²) in [5, 5.41) is 23.2. The van der Waals surface area contributed by atoms with Gasteiger partial charge in [-0.2, -0.15) is 0 Å². The monoisotopic (exact) mass is 409 g/mol. The minimum Gasteiger partial charge on any atom is -0.477 e. The molecule has 1 aromatic heterocycles. The molecule has 148 valence electrons. The number of carbonyl (C=O) groups is 4. The second-order valence-corrected chi connectivity index (χ2v) is 6.93. The number of β-lactam (4-membered cyclic amide) rings is 1. The maximum absolute atomic E-state index is 12.5. The SMILES string of the molecule is CC(=O)OCC1=C(C(=O)O)N2C(=O)[C@@H](NC(=O)C(=NO)c3ccco3)[C@H]2SC1. The first-order valence-electron chi connectivity index (χ1n) is 7.95. The largest absolute Gasteiger partial charge is 0.477 e. The molecule has 28 heavy (non-hydrogen) atoms. The lowest BCUT2D eigenvalue weighted by atomic mass is 10.0. The number of hydrogen-bond acceptors (Lipinski definition) is 9. The van der Waals surface area contributed by atoms with Crippen molar-refractivity contribution < 1.29 is 38.6 Å². The molecule has 0 aromatic carbocycles. The topological polar surface area (TPSA) is 159 Å². The average molecular weight is 409 g/mol. The van der Waals surface area contributed by atoms with E-state index in [2.05, 4.69) is 10.5 Å². The minimum absolute atomic E-state index is 0.00899. The van der Waals surface area contributed by atoms with Gasteiger partial charge in [-0.05, 0) is 12.1 Å². The lowest BCUT2D eigenvalue weighted by molar-refractivity contribution is -0.150. The van der Waals surface area contributed by atoms with Crippen LogP contribution in [0.2, 0.25) is 0 Å². The van der Waals surface area contributed by atoms with Gasteiger partial charge in [-0.3, -0.25) is 19.3 Å². The van der Waals surface area contributed by atoms with Crippen LogP contribution in [0.25, 0.3) is 0 Å². The zero-order chi connectivity index (χ0) is 20.4. The van der Waals surface area contributed by atoms with Crippen LogP contribution < -0.4 is 5.32 Å².